The lowest BCUT2D eigenvalue weighted by atomic mass is 10.3. The summed E-state index contributed by atoms with van der Waals surface area (Å²) >= 11 is 11.6. The van der Waals surface area contributed by atoms with E-state index in [9.17, 15) is 17.8 Å². The van der Waals surface area contributed by atoms with Crippen molar-refractivity contribution in [2.24, 2.45) is 0 Å². The van der Waals surface area contributed by atoms with Crippen LogP contribution in [0.25, 0.3) is 5.69 Å². The maximum Gasteiger partial charge on any atom is 0.271 e. The number of aromatic amines is 1. The van der Waals surface area contributed by atoms with Gasteiger partial charge in [0.1, 0.15) is 10.1 Å². The smallest absolute Gasteiger partial charge is 0.271 e. The molecule has 1 heterocycles. The molecule has 6 nitrogen and oxygen atoms in total. The van der Waals surface area contributed by atoms with E-state index in [4.69, 9.17) is 23.2 Å². The van der Waals surface area contributed by atoms with Crippen molar-refractivity contribution in [1.82, 2.24) is 9.78 Å². The standard InChI is InChI=1S/C10H8Cl2N2O4S/c1-5-2-10(15)14(13-5)8-3-7(12)9(4-6(8)11)19(16,17)18/h2-4,13H,1H3,(H,16,17,18)/p-1. The van der Waals surface area contributed by atoms with E-state index < -0.39 is 15.0 Å². The van der Waals surface area contributed by atoms with Gasteiger partial charge in [0.15, 0.2) is 0 Å². The molecule has 0 unspecified atom stereocenters. The van der Waals surface area contributed by atoms with E-state index in [-0.39, 0.29) is 21.3 Å². The van der Waals surface area contributed by atoms with Gasteiger partial charge in [0, 0.05) is 11.8 Å². The van der Waals surface area contributed by atoms with Crippen molar-refractivity contribution < 1.29 is 13.0 Å². The van der Waals surface area contributed by atoms with Crippen LogP contribution in [0.4, 0.5) is 0 Å². The second-order valence-electron chi connectivity index (χ2n) is 3.80. The van der Waals surface area contributed by atoms with Crippen LogP contribution in [-0.2, 0) is 10.1 Å². The molecular formula is C10H7Cl2N2O4S-. The third kappa shape index (κ3) is 2.69. The Labute approximate surface area is 118 Å². The van der Waals surface area contributed by atoms with Gasteiger partial charge in [0.2, 0.25) is 0 Å². The summed E-state index contributed by atoms with van der Waals surface area (Å²) in [5.41, 5.74) is 0.378. The lowest BCUT2D eigenvalue weighted by Crippen LogP contribution is -2.14. The Morgan fingerprint density at radius 3 is 2.32 bits per heavy atom. The van der Waals surface area contributed by atoms with E-state index in [0.29, 0.717) is 5.69 Å². The van der Waals surface area contributed by atoms with Crippen molar-refractivity contribution in [3.63, 3.8) is 0 Å². The molecule has 1 aromatic carbocycles. The highest BCUT2D eigenvalue weighted by atomic mass is 35.5. The van der Waals surface area contributed by atoms with Crippen LogP contribution in [0.5, 0.6) is 0 Å². The van der Waals surface area contributed by atoms with Gasteiger partial charge in [-0.2, -0.15) is 0 Å². The highest BCUT2D eigenvalue weighted by Gasteiger charge is 2.15. The van der Waals surface area contributed by atoms with Gasteiger partial charge in [-0.15, -0.1) is 0 Å². The number of H-pyrrole nitrogens is 1. The van der Waals surface area contributed by atoms with Crippen molar-refractivity contribution in [3.8, 4) is 5.69 Å². The number of hydrogen-bond donors (Lipinski definition) is 1. The van der Waals surface area contributed by atoms with Gasteiger partial charge in [-0.3, -0.25) is 9.89 Å². The first-order chi connectivity index (χ1) is 8.70. The normalized spacial score (nSPS) is 11.8. The maximum absolute atomic E-state index is 11.6. The van der Waals surface area contributed by atoms with Crippen LogP contribution in [0.15, 0.2) is 27.9 Å². The number of aromatic nitrogens is 2. The molecule has 0 bridgehead atoms. The summed E-state index contributed by atoms with van der Waals surface area (Å²) in [6.45, 7) is 1.67. The monoisotopic (exact) mass is 321 g/mol. The van der Waals surface area contributed by atoms with E-state index in [1.54, 1.807) is 6.92 Å². The molecule has 0 saturated carbocycles. The minimum absolute atomic E-state index is 0.0808. The van der Waals surface area contributed by atoms with Crippen molar-refractivity contribution in [2.75, 3.05) is 0 Å². The number of halogens is 2. The molecule has 2 aromatic rings. The van der Waals surface area contributed by atoms with E-state index in [1.165, 1.54) is 6.07 Å². The van der Waals surface area contributed by atoms with Crippen LogP contribution in [0.2, 0.25) is 10.0 Å². The zero-order valence-corrected chi connectivity index (χ0v) is 11.8. The van der Waals surface area contributed by atoms with E-state index in [2.05, 4.69) is 5.10 Å². The summed E-state index contributed by atoms with van der Waals surface area (Å²) in [5.74, 6) is 0. The summed E-state index contributed by atoms with van der Waals surface area (Å²) in [6.07, 6.45) is 0. The number of rotatable bonds is 2. The van der Waals surface area contributed by atoms with Crippen LogP contribution in [-0.4, -0.2) is 22.8 Å². The molecule has 9 heteroatoms. The first-order valence-corrected chi connectivity index (χ1v) is 7.10. The Hall–Kier alpha value is -1.28. The average Bonchev–Trinajstić information content (AvgIpc) is 2.59. The van der Waals surface area contributed by atoms with Crippen LogP contribution in [0, 0.1) is 6.92 Å². The molecule has 102 valence electrons. The summed E-state index contributed by atoms with van der Waals surface area (Å²) in [5, 5.41) is 2.34. The zero-order valence-electron chi connectivity index (χ0n) is 9.48. The Kier molecular flexibility index (Phi) is 3.48. The van der Waals surface area contributed by atoms with Crippen LogP contribution in [0.3, 0.4) is 0 Å². The molecule has 2 rings (SSSR count). The number of nitrogens with one attached hydrogen (secondary N) is 1. The molecule has 0 fully saturated rings. The molecule has 0 radical (unpaired) electrons. The molecule has 0 aliphatic rings. The molecule has 0 aliphatic heterocycles. The first-order valence-electron chi connectivity index (χ1n) is 4.94. The summed E-state index contributed by atoms with van der Waals surface area (Å²) in [6, 6.07) is 3.40. The maximum atomic E-state index is 11.6. The SMILES string of the molecule is Cc1cc(=O)n(-c2cc(Cl)c(S(=O)(=O)[O-])cc2Cl)[nH]1. The zero-order chi connectivity index (χ0) is 14.4. The molecule has 19 heavy (non-hydrogen) atoms. The third-order valence-electron chi connectivity index (χ3n) is 2.36. The predicted octanol–water partition coefficient (Wildman–Crippen LogP) is 1.68. The Balaban J connectivity index is 2.72. The molecular weight excluding hydrogens is 315 g/mol. The number of nitrogens with zero attached hydrogens (tertiary/aromatic N) is 1. The topological polar surface area (TPSA) is 95.0 Å². The van der Waals surface area contributed by atoms with Gasteiger partial charge < -0.3 is 4.55 Å². The van der Waals surface area contributed by atoms with Crippen LogP contribution in [0.1, 0.15) is 5.69 Å². The molecule has 0 atom stereocenters. The number of benzene rings is 1. The summed E-state index contributed by atoms with van der Waals surface area (Å²) < 4.78 is 34.0. The van der Waals surface area contributed by atoms with Crippen molar-refractivity contribution >= 4 is 33.3 Å². The third-order valence-corrected chi connectivity index (χ3v) is 3.96. The van der Waals surface area contributed by atoms with Crippen molar-refractivity contribution in [3.05, 3.63) is 44.3 Å². The van der Waals surface area contributed by atoms with E-state index in [1.807, 2.05) is 0 Å². The lowest BCUT2D eigenvalue weighted by molar-refractivity contribution is 0.463. The predicted molar refractivity (Wildman–Crippen MR) is 69.1 cm³/mol. The van der Waals surface area contributed by atoms with Gasteiger partial charge in [-0.25, -0.2) is 13.1 Å². The fourth-order valence-electron chi connectivity index (χ4n) is 1.57. The highest BCUT2D eigenvalue weighted by molar-refractivity contribution is 7.85. The van der Waals surface area contributed by atoms with E-state index >= 15 is 0 Å². The van der Waals surface area contributed by atoms with Gasteiger partial charge >= 0.3 is 0 Å². The van der Waals surface area contributed by atoms with Gasteiger partial charge in [0.25, 0.3) is 5.56 Å². The second kappa shape index (κ2) is 4.68. The van der Waals surface area contributed by atoms with Gasteiger partial charge in [-0.05, 0) is 19.1 Å². The lowest BCUT2D eigenvalue weighted by Gasteiger charge is -2.12. The molecule has 0 aliphatic carbocycles. The van der Waals surface area contributed by atoms with Crippen molar-refractivity contribution in [1.29, 1.82) is 0 Å². The Morgan fingerprint density at radius 1 is 1.21 bits per heavy atom. The largest absolute Gasteiger partial charge is 0.744 e. The molecule has 0 saturated heterocycles. The fourth-order valence-corrected chi connectivity index (χ4v) is 2.89. The van der Waals surface area contributed by atoms with Crippen LogP contribution >= 0.6 is 23.2 Å². The van der Waals surface area contributed by atoms with Crippen LogP contribution < -0.4 is 5.56 Å². The highest BCUT2D eigenvalue weighted by Crippen LogP contribution is 2.29. The molecule has 1 aromatic heterocycles. The van der Waals surface area contributed by atoms with Gasteiger partial charge in [-0.1, -0.05) is 23.2 Å². The Bertz CT molecular complexity index is 807. The van der Waals surface area contributed by atoms with E-state index in [0.717, 1.165) is 16.8 Å². The minimum atomic E-state index is -4.72. The van der Waals surface area contributed by atoms with Gasteiger partial charge in [0.05, 0.1) is 20.6 Å². The molecule has 1 N–H and O–H groups in total. The second-order valence-corrected chi connectivity index (χ2v) is 5.96. The van der Waals surface area contributed by atoms with Crippen molar-refractivity contribution in [2.45, 2.75) is 11.8 Å². The first kappa shape index (κ1) is 14.1. The summed E-state index contributed by atoms with van der Waals surface area (Å²) in [7, 11) is -4.72. The Morgan fingerprint density at radius 2 is 1.84 bits per heavy atom. The fraction of sp³-hybridized carbons (Fsp3) is 0.100. The minimum Gasteiger partial charge on any atom is -0.744 e. The number of aryl methyl sites for hydroxylation is 1. The quantitative estimate of drug-likeness (QED) is 0.851. The average molecular weight is 322 g/mol. The summed E-state index contributed by atoms with van der Waals surface area (Å²) in [4.78, 5) is 11.0. The molecule has 0 spiro atoms. The molecule has 0 amide bonds. The number of hydrogen-bond acceptors (Lipinski definition) is 4.